The van der Waals surface area contributed by atoms with E-state index in [1.54, 1.807) is 20.8 Å². The molecule has 3 rings (SSSR count). The summed E-state index contributed by atoms with van der Waals surface area (Å²) >= 11 is 0. The zero-order chi connectivity index (χ0) is 20.5. The number of aromatic nitrogens is 2. The Balaban J connectivity index is 1.67. The molecule has 0 spiro atoms. The van der Waals surface area contributed by atoms with Crippen LogP contribution in [-0.2, 0) is 21.4 Å². The molecule has 0 saturated carbocycles. The average molecular weight is 401 g/mol. The van der Waals surface area contributed by atoms with Crippen LogP contribution in [0.2, 0.25) is 0 Å². The predicted octanol–water partition coefficient (Wildman–Crippen LogP) is 3.08. The molecule has 148 valence electrons. The van der Waals surface area contributed by atoms with Gasteiger partial charge in [0.1, 0.15) is 12.3 Å². The Labute approximate surface area is 164 Å². The molecule has 2 aromatic heterocycles. The van der Waals surface area contributed by atoms with E-state index in [0.29, 0.717) is 5.69 Å². The van der Waals surface area contributed by atoms with Crippen molar-refractivity contribution in [3.05, 3.63) is 65.6 Å². The first-order valence-corrected chi connectivity index (χ1v) is 10.3. The van der Waals surface area contributed by atoms with Crippen LogP contribution in [0.4, 0.5) is 0 Å². The summed E-state index contributed by atoms with van der Waals surface area (Å²) in [6.45, 7) is 7.30. The number of pyridine rings is 1. The molecule has 8 heteroatoms. The van der Waals surface area contributed by atoms with Gasteiger partial charge in [0, 0.05) is 17.9 Å². The van der Waals surface area contributed by atoms with Crippen molar-refractivity contribution in [1.82, 2.24) is 14.1 Å². The highest BCUT2D eigenvalue weighted by Crippen LogP contribution is 2.15. The second kappa shape index (κ2) is 7.37. The summed E-state index contributed by atoms with van der Waals surface area (Å²) in [6, 6.07) is 9.50. The van der Waals surface area contributed by atoms with Crippen LogP contribution >= 0.6 is 0 Å². The number of nitrogens with one attached hydrogen (secondary N) is 1. The summed E-state index contributed by atoms with van der Waals surface area (Å²) in [6.07, 6.45) is 3.75. The highest BCUT2D eigenvalue weighted by molar-refractivity contribution is 7.89. The fourth-order valence-electron chi connectivity index (χ4n) is 2.68. The minimum absolute atomic E-state index is 0.0329. The van der Waals surface area contributed by atoms with Gasteiger partial charge in [0.25, 0.3) is 0 Å². The van der Waals surface area contributed by atoms with Crippen molar-refractivity contribution in [2.75, 3.05) is 0 Å². The zero-order valence-electron chi connectivity index (χ0n) is 16.3. The smallest absolute Gasteiger partial charge is 0.338 e. The Morgan fingerprint density at radius 3 is 2.43 bits per heavy atom. The van der Waals surface area contributed by atoms with E-state index in [1.165, 1.54) is 24.3 Å². The largest absolute Gasteiger partial charge is 0.456 e. The van der Waals surface area contributed by atoms with Crippen LogP contribution < -0.4 is 4.72 Å². The summed E-state index contributed by atoms with van der Waals surface area (Å²) in [7, 11) is -3.65. The van der Waals surface area contributed by atoms with Crippen molar-refractivity contribution in [3.8, 4) is 0 Å². The van der Waals surface area contributed by atoms with E-state index < -0.39 is 21.5 Å². The quantitative estimate of drug-likeness (QED) is 0.664. The Hall–Kier alpha value is -2.71. The van der Waals surface area contributed by atoms with Gasteiger partial charge in [0.2, 0.25) is 10.0 Å². The molecule has 0 fully saturated rings. The van der Waals surface area contributed by atoms with Gasteiger partial charge in [-0.1, -0.05) is 6.07 Å². The third-order valence-electron chi connectivity index (χ3n) is 3.84. The molecule has 0 atom stereocenters. The van der Waals surface area contributed by atoms with E-state index in [4.69, 9.17) is 4.74 Å². The monoisotopic (exact) mass is 401 g/mol. The highest BCUT2D eigenvalue weighted by atomic mass is 32.2. The lowest BCUT2D eigenvalue weighted by atomic mass is 10.1. The fourth-order valence-corrected chi connectivity index (χ4v) is 4.10. The van der Waals surface area contributed by atoms with Gasteiger partial charge in [0.15, 0.2) is 0 Å². The van der Waals surface area contributed by atoms with E-state index >= 15 is 0 Å². The Morgan fingerprint density at radius 1 is 1.11 bits per heavy atom. The summed E-state index contributed by atoms with van der Waals surface area (Å²) in [4.78, 5) is 16.7. The van der Waals surface area contributed by atoms with Gasteiger partial charge in [-0.05, 0) is 63.6 Å². The number of hydrogen-bond acceptors (Lipinski definition) is 5. The predicted molar refractivity (Wildman–Crippen MR) is 106 cm³/mol. The number of fused-ring (bicyclic) bond motifs is 1. The second-order valence-electron chi connectivity index (χ2n) is 7.66. The molecule has 3 aromatic rings. The SMILES string of the molecule is Cc1ccc2nc(COC(=O)c3ccc(S(=O)(=O)NC(C)(C)C)cc3)cn2c1. The van der Waals surface area contributed by atoms with Crippen molar-refractivity contribution in [1.29, 1.82) is 0 Å². The van der Waals surface area contributed by atoms with Crippen molar-refractivity contribution in [2.24, 2.45) is 0 Å². The number of benzene rings is 1. The minimum Gasteiger partial charge on any atom is -0.456 e. The number of esters is 1. The number of sulfonamides is 1. The molecule has 0 amide bonds. The lowest BCUT2D eigenvalue weighted by Gasteiger charge is -2.20. The van der Waals surface area contributed by atoms with Crippen molar-refractivity contribution in [2.45, 2.75) is 44.7 Å². The van der Waals surface area contributed by atoms with Crippen LogP contribution in [0.1, 0.15) is 42.4 Å². The Morgan fingerprint density at radius 2 is 1.79 bits per heavy atom. The first-order chi connectivity index (χ1) is 13.0. The van der Waals surface area contributed by atoms with Crippen LogP contribution in [0, 0.1) is 6.92 Å². The van der Waals surface area contributed by atoms with Crippen molar-refractivity contribution in [3.63, 3.8) is 0 Å². The van der Waals surface area contributed by atoms with Gasteiger partial charge in [-0.2, -0.15) is 0 Å². The number of carbonyl (C=O) groups is 1. The lowest BCUT2D eigenvalue weighted by molar-refractivity contribution is 0.0468. The molecule has 0 aliphatic carbocycles. The van der Waals surface area contributed by atoms with Gasteiger partial charge >= 0.3 is 5.97 Å². The van der Waals surface area contributed by atoms with Gasteiger partial charge < -0.3 is 9.14 Å². The van der Waals surface area contributed by atoms with Gasteiger partial charge in [-0.25, -0.2) is 22.9 Å². The Kier molecular flexibility index (Phi) is 5.27. The van der Waals surface area contributed by atoms with Gasteiger partial charge in [0.05, 0.1) is 16.2 Å². The van der Waals surface area contributed by atoms with E-state index in [1.807, 2.05) is 35.9 Å². The van der Waals surface area contributed by atoms with E-state index in [0.717, 1.165) is 11.2 Å². The summed E-state index contributed by atoms with van der Waals surface area (Å²) in [5, 5.41) is 0. The van der Waals surface area contributed by atoms with Crippen molar-refractivity contribution >= 4 is 21.6 Å². The van der Waals surface area contributed by atoms with Gasteiger partial charge in [-0.3, -0.25) is 0 Å². The number of hydrogen-bond donors (Lipinski definition) is 1. The first kappa shape index (κ1) is 20.0. The zero-order valence-corrected chi connectivity index (χ0v) is 17.1. The number of ether oxygens (including phenoxy) is 1. The topological polar surface area (TPSA) is 89.8 Å². The molecular formula is C20H23N3O4S. The molecule has 1 aromatic carbocycles. The lowest BCUT2D eigenvalue weighted by Crippen LogP contribution is -2.40. The summed E-state index contributed by atoms with van der Waals surface area (Å²) in [5.74, 6) is -0.541. The molecule has 0 aliphatic heterocycles. The standard InChI is InChI=1S/C20H23N3O4S/c1-14-5-10-18-21-16(12-23(18)11-14)13-27-19(24)15-6-8-17(9-7-15)28(25,26)22-20(2,3)4/h5-12,22H,13H2,1-4H3. The van der Waals surface area contributed by atoms with Crippen LogP contribution in [0.3, 0.4) is 0 Å². The maximum Gasteiger partial charge on any atom is 0.338 e. The van der Waals surface area contributed by atoms with Crippen LogP contribution in [0.5, 0.6) is 0 Å². The number of carbonyl (C=O) groups excluding carboxylic acids is 1. The molecule has 0 aliphatic rings. The summed E-state index contributed by atoms with van der Waals surface area (Å²) < 4.78 is 34.4. The molecule has 0 unspecified atom stereocenters. The number of rotatable bonds is 5. The van der Waals surface area contributed by atoms with Crippen molar-refractivity contribution < 1.29 is 17.9 Å². The molecule has 1 N–H and O–H groups in total. The normalized spacial score (nSPS) is 12.3. The molecule has 28 heavy (non-hydrogen) atoms. The van der Waals surface area contributed by atoms with Crippen LogP contribution in [0.25, 0.3) is 5.65 Å². The molecule has 0 saturated heterocycles. The van der Waals surface area contributed by atoms with Crippen LogP contribution in [0.15, 0.2) is 53.7 Å². The fraction of sp³-hybridized carbons (Fsp3) is 0.300. The van der Waals surface area contributed by atoms with E-state index in [-0.39, 0.29) is 17.1 Å². The third kappa shape index (κ3) is 4.76. The average Bonchev–Trinajstić information content (AvgIpc) is 2.99. The minimum atomic E-state index is -3.65. The molecule has 0 radical (unpaired) electrons. The maximum absolute atomic E-state index is 12.3. The number of imidazole rings is 1. The number of nitrogens with zero attached hydrogens (tertiary/aromatic N) is 2. The first-order valence-electron chi connectivity index (χ1n) is 8.79. The molecule has 0 bridgehead atoms. The number of aryl methyl sites for hydroxylation is 1. The molecule has 2 heterocycles. The van der Waals surface area contributed by atoms with E-state index in [9.17, 15) is 13.2 Å². The van der Waals surface area contributed by atoms with E-state index in [2.05, 4.69) is 9.71 Å². The third-order valence-corrected chi connectivity index (χ3v) is 5.61. The second-order valence-corrected chi connectivity index (χ2v) is 9.34. The Bertz CT molecular complexity index is 1110. The highest BCUT2D eigenvalue weighted by Gasteiger charge is 2.22. The maximum atomic E-state index is 12.3. The summed E-state index contributed by atoms with van der Waals surface area (Å²) in [5.41, 5.74) is 2.19. The van der Waals surface area contributed by atoms with Gasteiger partial charge in [-0.15, -0.1) is 0 Å². The van der Waals surface area contributed by atoms with Crippen LogP contribution in [-0.4, -0.2) is 29.3 Å². The molecular weight excluding hydrogens is 378 g/mol. The molecule has 7 nitrogen and oxygen atoms in total.